The minimum atomic E-state index is 0.393. The first-order valence-corrected chi connectivity index (χ1v) is 5.84. The monoisotopic (exact) mass is 234 g/mol. The van der Waals surface area contributed by atoms with E-state index in [1.54, 1.807) is 17.3 Å². The Morgan fingerprint density at radius 1 is 1.53 bits per heavy atom. The van der Waals surface area contributed by atoms with Gasteiger partial charge in [0.2, 0.25) is 0 Å². The van der Waals surface area contributed by atoms with Crippen LogP contribution < -0.4 is 5.32 Å². The summed E-state index contributed by atoms with van der Waals surface area (Å²) in [7, 11) is 1.88. The van der Waals surface area contributed by atoms with Gasteiger partial charge in [0.05, 0.1) is 6.26 Å². The van der Waals surface area contributed by atoms with Gasteiger partial charge in [-0.3, -0.25) is 4.68 Å². The minimum Gasteiger partial charge on any atom is -0.469 e. The Labute approximate surface area is 101 Å². The maximum atomic E-state index is 5.30. The van der Waals surface area contributed by atoms with Crippen LogP contribution in [-0.2, 0) is 19.9 Å². The van der Waals surface area contributed by atoms with Crippen molar-refractivity contribution >= 4 is 0 Å². The molecular formula is C12H18N4O. The lowest BCUT2D eigenvalue weighted by Crippen LogP contribution is -2.30. The molecule has 1 unspecified atom stereocenters. The topological polar surface area (TPSA) is 55.9 Å². The highest BCUT2D eigenvalue weighted by atomic mass is 16.3. The lowest BCUT2D eigenvalue weighted by atomic mass is 10.2. The largest absolute Gasteiger partial charge is 0.469 e. The van der Waals surface area contributed by atoms with Gasteiger partial charge in [0.1, 0.15) is 12.1 Å². The molecule has 0 bridgehead atoms. The number of aryl methyl sites for hydroxylation is 1. The van der Waals surface area contributed by atoms with Gasteiger partial charge in [-0.05, 0) is 19.1 Å². The highest BCUT2D eigenvalue weighted by molar-refractivity contribution is 5.00. The molecule has 0 spiro atoms. The number of hydrogen-bond donors (Lipinski definition) is 1. The van der Waals surface area contributed by atoms with Crippen LogP contribution in [0.15, 0.2) is 29.1 Å². The van der Waals surface area contributed by atoms with E-state index in [0.29, 0.717) is 6.04 Å². The van der Waals surface area contributed by atoms with Crippen LogP contribution >= 0.6 is 0 Å². The van der Waals surface area contributed by atoms with Gasteiger partial charge < -0.3 is 9.73 Å². The van der Waals surface area contributed by atoms with E-state index in [2.05, 4.69) is 22.3 Å². The van der Waals surface area contributed by atoms with Gasteiger partial charge in [0, 0.05) is 32.5 Å². The van der Waals surface area contributed by atoms with Crippen molar-refractivity contribution in [3.8, 4) is 0 Å². The van der Waals surface area contributed by atoms with Crippen LogP contribution in [-0.4, -0.2) is 27.4 Å². The molecule has 1 atom stereocenters. The van der Waals surface area contributed by atoms with Gasteiger partial charge in [0.15, 0.2) is 5.82 Å². The fraction of sp³-hybridized carbons (Fsp3) is 0.500. The molecule has 1 N–H and O–H groups in total. The van der Waals surface area contributed by atoms with Crippen LogP contribution in [0.4, 0.5) is 0 Å². The van der Waals surface area contributed by atoms with Crippen molar-refractivity contribution in [1.29, 1.82) is 0 Å². The van der Waals surface area contributed by atoms with E-state index in [1.807, 2.05) is 19.2 Å². The zero-order valence-electron chi connectivity index (χ0n) is 10.3. The molecule has 92 valence electrons. The maximum absolute atomic E-state index is 5.30. The number of nitrogens with zero attached hydrogens (tertiary/aromatic N) is 3. The molecule has 0 amide bonds. The van der Waals surface area contributed by atoms with Crippen LogP contribution in [0, 0.1) is 0 Å². The molecule has 0 aliphatic rings. The Hall–Kier alpha value is -1.62. The number of nitrogens with one attached hydrogen (secondary N) is 1. The molecule has 0 aliphatic heterocycles. The summed E-state index contributed by atoms with van der Waals surface area (Å²) in [6, 6.07) is 4.31. The van der Waals surface area contributed by atoms with Crippen LogP contribution in [0.3, 0.4) is 0 Å². The zero-order chi connectivity index (χ0) is 12.1. The standard InChI is InChI=1S/C12H18N4O/c1-10(8-11-4-3-7-17-11)13-6-5-12-14-9-16(2)15-12/h3-4,7,9-10,13H,5-6,8H2,1-2H3. The molecule has 0 saturated heterocycles. The summed E-state index contributed by atoms with van der Waals surface area (Å²) in [5.41, 5.74) is 0. The van der Waals surface area contributed by atoms with Gasteiger partial charge in [-0.15, -0.1) is 0 Å². The molecule has 2 aromatic rings. The molecule has 0 radical (unpaired) electrons. The molecule has 0 saturated carbocycles. The molecule has 0 aliphatic carbocycles. The minimum absolute atomic E-state index is 0.393. The van der Waals surface area contributed by atoms with Gasteiger partial charge in [-0.2, -0.15) is 5.10 Å². The second-order valence-corrected chi connectivity index (χ2v) is 4.22. The van der Waals surface area contributed by atoms with Crippen molar-refractivity contribution < 1.29 is 4.42 Å². The smallest absolute Gasteiger partial charge is 0.151 e. The number of hydrogen-bond acceptors (Lipinski definition) is 4. The van der Waals surface area contributed by atoms with E-state index in [9.17, 15) is 0 Å². The van der Waals surface area contributed by atoms with Gasteiger partial charge in [0.25, 0.3) is 0 Å². The summed E-state index contributed by atoms with van der Waals surface area (Å²) >= 11 is 0. The van der Waals surface area contributed by atoms with Crippen molar-refractivity contribution in [3.05, 3.63) is 36.3 Å². The first-order chi connectivity index (χ1) is 8.24. The fourth-order valence-electron chi connectivity index (χ4n) is 1.73. The summed E-state index contributed by atoms with van der Waals surface area (Å²) in [5.74, 6) is 1.89. The van der Waals surface area contributed by atoms with Crippen molar-refractivity contribution in [2.75, 3.05) is 6.54 Å². The summed E-state index contributed by atoms with van der Waals surface area (Å²) in [5, 5.41) is 7.66. The van der Waals surface area contributed by atoms with E-state index in [0.717, 1.165) is 31.0 Å². The lowest BCUT2D eigenvalue weighted by Gasteiger charge is -2.11. The van der Waals surface area contributed by atoms with Crippen molar-refractivity contribution in [2.24, 2.45) is 7.05 Å². The number of rotatable bonds is 6. The zero-order valence-corrected chi connectivity index (χ0v) is 10.3. The highest BCUT2D eigenvalue weighted by Crippen LogP contribution is 2.03. The molecule has 2 aromatic heterocycles. The van der Waals surface area contributed by atoms with Gasteiger partial charge >= 0.3 is 0 Å². The van der Waals surface area contributed by atoms with E-state index in [-0.39, 0.29) is 0 Å². The molecule has 2 heterocycles. The van der Waals surface area contributed by atoms with Gasteiger partial charge in [-0.1, -0.05) is 0 Å². The first kappa shape index (κ1) is 11.9. The molecule has 2 rings (SSSR count). The van der Waals surface area contributed by atoms with Crippen LogP contribution in [0.25, 0.3) is 0 Å². The number of aromatic nitrogens is 3. The Balaban J connectivity index is 1.68. The Morgan fingerprint density at radius 2 is 2.41 bits per heavy atom. The summed E-state index contributed by atoms with van der Waals surface area (Å²) in [6.07, 6.45) is 5.19. The van der Waals surface area contributed by atoms with E-state index >= 15 is 0 Å². The van der Waals surface area contributed by atoms with Crippen molar-refractivity contribution in [2.45, 2.75) is 25.8 Å². The Bertz CT molecular complexity index is 435. The predicted molar refractivity (Wildman–Crippen MR) is 64.6 cm³/mol. The SMILES string of the molecule is CC(Cc1ccco1)NCCc1ncn(C)n1. The summed E-state index contributed by atoms with van der Waals surface area (Å²) in [6.45, 7) is 3.03. The maximum Gasteiger partial charge on any atom is 0.151 e. The van der Waals surface area contributed by atoms with E-state index < -0.39 is 0 Å². The first-order valence-electron chi connectivity index (χ1n) is 5.84. The second-order valence-electron chi connectivity index (χ2n) is 4.22. The lowest BCUT2D eigenvalue weighted by molar-refractivity contribution is 0.457. The van der Waals surface area contributed by atoms with Crippen molar-refractivity contribution in [1.82, 2.24) is 20.1 Å². The van der Waals surface area contributed by atoms with E-state index in [4.69, 9.17) is 4.42 Å². The molecular weight excluding hydrogens is 216 g/mol. The Morgan fingerprint density at radius 3 is 3.06 bits per heavy atom. The fourth-order valence-corrected chi connectivity index (χ4v) is 1.73. The van der Waals surface area contributed by atoms with Crippen LogP contribution in [0.5, 0.6) is 0 Å². The van der Waals surface area contributed by atoms with Gasteiger partial charge in [-0.25, -0.2) is 4.98 Å². The quantitative estimate of drug-likeness (QED) is 0.815. The number of furan rings is 1. The second kappa shape index (κ2) is 5.63. The third kappa shape index (κ3) is 3.71. The molecule has 0 fully saturated rings. The van der Waals surface area contributed by atoms with Crippen LogP contribution in [0.1, 0.15) is 18.5 Å². The summed E-state index contributed by atoms with van der Waals surface area (Å²) in [4.78, 5) is 4.18. The normalized spacial score (nSPS) is 12.8. The molecule has 17 heavy (non-hydrogen) atoms. The average Bonchev–Trinajstić information content (AvgIpc) is 2.90. The van der Waals surface area contributed by atoms with Crippen molar-refractivity contribution in [3.63, 3.8) is 0 Å². The van der Waals surface area contributed by atoms with E-state index in [1.165, 1.54) is 0 Å². The third-order valence-corrected chi connectivity index (χ3v) is 2.58. The average molecular weight is 234 g/mol. The highest BCUT2D eigenvalue weighted by Gasteiger charge is 2.05. The summed E-state index contributed by atoms with van der Waals surface area (Å²) < 4.78 is 7.03. The molecule has 0 aromatic carbocycles. The van der Waals surface area contributed by atoms with Crippen LogP contribution in [0.2, 0.25) is 0 Å². The Kier molecular flexibility index (Phi) is 3.93. The predicted octanol–water partition coefficient (Wildman–Crippen LogP) is 1.17. The third-order valence-electron chi connectivity index (χ3n) is 2.58. The molecule has 5 nitrogen and oxygen atoms in total. The molecule has 5 heteroatoms.